The zero-order valence-electron chi connectivity index (χ0n) is 20.0. The maximum Gasteiger partial charge on any atom is 0.248 e. The molecule has 0 saturated carbocycles. The minimum absolute atomic E-state index is 0.0289. The van der Waals surface area contributed by atoms with E-state index in [1.54, 1.807) is 22.7 Å². The smallest absolute Gasteiger partial charge is 0.248 e. The van der Waals surface area contributed by atoms with E-state index in [0.717, 1.165) is 18.4 Å². The van der Waals surface area contributed by atoms with Crippen molar-refractivity contribution in [2.45, 2.75) is 68.4 Å². The third-order valence-corrected chi connectivity index (χ3v) is 9.93. The molecule has 3 heterocycles. The van der Waals surface area contributed by atoms with Crippen molar-refractivity contribution in [1.29, 1.82) is 0 Å². The first-order valence-corrected chi connectivity index (χ1v) is 13.3. The molecule has 0 aromatic heterocycles. The number of thioether (sulfide) groups is 1. The number of rotatable bonds is 9. The lowest BCUT2D eigenvalue weighted by molar-refractivity contribution is -0.140. The number of benzene rings is 1. The maximum atomic E-state index is 13.9. The predicted octanol–water partition coefficient (Wildman–Crippen LogP) is 3.37. The number of aryl methyl sites for hydroxylation is 1. The van der Waals surface area contributed by atoms with Gasteiger partial charge in [0.1, 0.15) is 6.04 Å². The van der Waals surface area contributed by atoms with Crippen LogP contribution in [0.4, 0.5) is 5.69 Å². The molecule has 3 saturated heterocycles. The van der Waals surface area contributed by atoms with Gasteiger partial charge in [-0.2, -0.15) is 0 Å². The highest BCUT2D eigenvalue weighted by Crippen LogP contribution is 2.71. The summed E-state index contributed by atoms with van der Waals surface area (Å²) in [4.78, 5) is 42.6. The molecule has 4 rings (SSSR count). The van der Waals surface area contributed by atoms with Gasteiger partial charge in [0.25, 0.3) is 0 Å². The van der Waals surface area contributed by atoms with Gasteiger partial charge in [0.2, 0.25) is 17.7 Å². The Morgan fingerprint density at radius 2 is 2.03 bits per heavy atom. The van der Waals surface area contributed by atoms with Gasteiger partial charge in [0.15, 0.2) is 0 Å². The lowest BCUT2D eigenvalue weighted by atomic mass is 9.66. The van der Waals surface area contributed by atoms with Crippen LogP contribution >= 0.6 is 23.4 Å². The van der Waals surface area contributed by atoms with Crippen LogP contribution in [0.3, 0.4) is 0 Å². The van der Waals surface area contributed by atoms with Crippen LogP contribution in [0.15, 0.2) is 18.2 Å². The monoisotopic (exact) mass is 507 g/mol. The van der Waals surface area contributed by atoms with E-state index >= 15 is 0 Å². The van der Waals surface area contributed by atoms with Crippen molar-refractivity contribution in [2.24, 2.45) is 11.8 Å². The summed E-state index contributed by atoms with van der Waals surface area (Å²) in [6.45, 7) is 6.92. The zero-order valence-corrected chi connectivity index (χ0v) is 21.6. The fraction of sp³-hybridized carbons (Fsp3) is 0.640. The van der Waals surface area contributed by atoms with Crippen LogP contribution in [-0.2, 0) is 14.4 Å². The van der Waals surface area contributed by atoms with Gasteiger partial charge in [-0.15, -0.1) is 11.8 Å². The molecule has 3 aliphatic rings. The molecule has 1 aromatic rings. The largest absolute Gasteiger partial charge is 0.396 e. The maximum absolute atomic E-state index is 13.9. The molecule has 1 aromatic carbocycles. The number of halogens is 1. The van der Waals surface area contributed by atoms with Gasteiger partial charge in [0.05, 0.1) is 27.3 Å². The number of unbranched alkanes of at least 4 members (excludes halogenated alkanes) is 1. The van der Waals surface area contributed by atoms with Crippen LogP contribution in [0.25, 0.3) is 0 Å². The third-order valence-electron chi connectivity index (χ3n) is 7.63. The number of amides is 3. The van der Waals surface area contributed by atoms with E-state index in [-0.39, 0.29) is 29.1 Å². The summed E-state index contributed by atoms with van der Waals surface area (Å²) in [6, 6.07) is 4.74. The Kier molecular flexibility index (Phi) is 7.23. The minimum atomic E-state index is -0.699. The first kappa shape index (κ1) is 25.3. The number of para-hydroxylation sites is 1. The predicted molar refractivity (Wildman–Crippen MR) is 135 cm³/mol. The van der Waals surface area contributed by atoms with E-state index in [1.807, 2.05) is 26.0 Å². The van der Waals surface area contributed by atoms with E-state index in [2.05, 4.69) is 17.6 Å². The summed E-state index contributed by atoms with van der Waals surface area (Å²) in [7, 11) is 0. The van der Waals surface area contributed by atoms with Gasteiger partial charge in [0, 0.05) is 24.4 Å². The van der Waals surface area contributed by atoms with Crippen molar-refractivity contribution in [3.8, 4) is 0 Å². The normalized spacial score (nSPS) is 31.6. The molecule has 3 amide bonds. The third kappa shape index (κ3) is 4.01. The number of hydrogen-bond acceptors (Lipinski definition) is 5. The number of aliphatic hydroxyl groups excluding tert-OH is 1. The van der Waals surface area contributed by atoms with Crippen LogP contribution in [0.5, 0.6) is 0 Å². The molecule has 186 valence electrons. The molecule has 3 fully saturated rings. The summed E-state index contributed by atoms with van der Waals surface area (Å²) in [5, 5.41) is 15.7. The summed E-state index contributed by atoms with van der Waals surface area (Å²) in [6.07, 6.45) is 3.45. The summed E-state index contributed by atoms with van der Waals surface area (Å²) >= 11 is 8.05. The number of hydrogen-bond donors (Lipinski definition) is 3. The SMILES string of the molecule is CCCNC(=O)[C@H]1[C@H]2C(=O)N(CCCCO)C(C(=O)Nc3c(C)cccc3Cl)C23CC[C@]1(C)S3. The number of anilines is 1. The summed E-state index contributed by atoms with van der Waals surface area (Å²) in [5.74, 6) is -1.48. The van der Waals surface area contributed by atoms with E-state index in [0.29, 0.717) is 43.1 Å². The molecule has 3 N–H and O–H groups in total. The van der Waals surface area contributed by atoms with E-state index in [4.69, 9.17) is 11.6 Å². The zero-order chi connectivity index (χ0) is 24.7. The van der Waals surface area contributed by atoms with Gasteiger partial charge in [-0.25, -0.2) is 0 Å². The quantitative estimate of drug-likeness (QED) is 0.445. The van der Waals surface area contributed by atoms with Crippen molar-refractivity contribution < 1.29 is 19.5 Å². The van der Waals surface area contributed by atoms with Gasteiger partial charge in [-0.3, -0.25) is 14.4 Å². The minimum Gasteiger partial charge on any atom is -0.396 e. The van der Waals surface area contributed by atoms with Crippen LogP contribution in [0, 0.1) is 18.8 Å². The Morgan fingerprint density at radius 1 is 1.26 bits per heavy atom. The van der Waals surface area contributed by atoms with Gasteiger partial charge >= 0.3 is 0 Å². The first-order chi connectivity index (χ1) is 16.2. The lowest BCUT2D eigenvalue weighted by Gasteiger charge is -2.35. The molecular weight excluding hydrogens is 474 g/mol. The molecule has 1 spiro atoms. The van der Waals surface area contributed by atoms with Crippen molar-refractivity contribution in [3.63, 3.8) is 0 Å². The molecule has 5 atom stereocenters. The second-order valence-corrected chi connectivity index (χ2v) is 12.2. The van der Waals surface area contributed by atoms with E-state index in [1.165, 1.54) is 0 Å². The van der Waals surface area contributed by atoms with E-state index < -0.39 is 22.6 Å². The molecular formula is C25H34ClN3O4S. The van der Waals surface area contributed by atoms with Crippen LogP contribution in [-0.4, -0.2) is 63.0 Å². The molecule has 3 aliphatic heterocycles. The number of aliphatic hydroxyl groups is 1. The Morgan fingerprint density at radius 3 is 2.71 bits per heavy atom. The highest BCUT2D eigenvalue weighted by Gasteiger charge is 2.76. The Hall–Kier alpha value is -1.77. The second-order valence-electron chi connectivity index (χ2n) is 9.90. The highest BCUT2D eigenvalue weighted by atomic mass is 35.5. The molecule has 7 nitrogen and oxygen atoms in total. The number of carbonyl (C=O) groups is 3. The number of likely N-dealkylation sites (tertiary alicyclic amines) is 1. The van der Waals surface area contributed by atoms with E-state index in [9.17, 15) is 19.5 Å². The average Bonchev–Trinajstić information content (AvgIpc) is 3.36. The number of nitrogens with zero attached hydrogens (tertiary/aromatic N) is 1. The molecule has 34 heavy (non-hydrogen) atoms. The summed E-state index contributed by atoms with van der Waals surface area (Å²) < 4.78 is -1.04. The van der Waals surface area contributed by atoms with Crippen molar-refractivity contribution >= 4 is 46.8 Å². The van der Waals surface area contributed by atoms with Crippen molar-refractivity contribution in [2.75, 3.05) is 25.0 Å². The molecule has 2 unspecified atom stereocenters. The van der Waals surface area contributed by atoms with Gasteiger partial charge < -0.3 is 20.6 Å². The fourth-order valence-electron chi connectivity index (χ4n) is 6.10. The Labute approximate surface area is 210 Å². The second kappa shape index (κ2) is 9.70. The Balaban J connectivity index is 1.71. The number of carbonyl (C=O) groups excluding carboxylic acids is 3. The van der Waals surface area contributed by atoms with Crippen LogP contribution in [0.2, 0.25) is 5.02 Å². The van der Waals surface area contributed by atoms with Crippen LogP contribution in [0.1, 0.15) is 51.5 Å². The lowest BCUT2D eigenvalue weighted by Crippen LogP contribution is -2.52. The highest BCUT2D eigenvalue weighted by molar-refractivity contribution is 8.02. The summed E-state index contributed by atoms with van der Waals surface area (Å²) in [5.41, 5.74) is 1.40. The van der Waals surface area contributed by atoms with Crippen molar-refractivity contribution in [3.05, 3.63) is 28.8 Å². The van der Waals surface area contributed by atoms with Gasteiger partial charge in [-0.1, -0.05) is 30.7 Å². The molecule has 9 heteroatoms. The van der Waals surface area contributed by atoms with Crippen molar-refractivity contribution in [1.82, 2.24) is 10.2 Å². The number of nitrogens with one attached hydrogen (secondary N) is 2. The first-order valence-electron chi connectivity index (χ1n) is 12.2. The number of fused-ring (bicyclic) bond motifs is 1. The fourth-order valence-corrected chi connectivity index (χ4v) is 8.73. The van der Waals surface area contributed by atoms with Crippen LogP contribution < -0.4 is 10.6 Å². The average molecular weight is 508 g/mol. The standard InChI is InChI=1S/C25H34ClN3O4S/c1-4-12-27-21(31)17-18-23(33)29(13-5-6-14-30)20(25(18)11-10-24(17,3)34-25)22(32)28-19-15(2)8-7-9-16(19)26/h7-9,17-18,20,30H,4-6,10-14H2,1-3H3,(H,27,31)(H,28,32)/t17-,18+,20?,24+,25?/m1/s1. The Bertz CT molecular complexity index is 971. The van der Waals surface area contributed by atoms with Gasteiger partial charge in [-0.05, 0) is 57.6 Å². The molecule has 0 aliphatic carbocycles. The molecule has 0 radical (unpaired) electrons. The molecule has 2 bridgehead atoms. The topological polar surface area (TPSA) is 98.7 Å².